The quantitative estimate of drug-likeness (QED) is 0.554. The van der Waals surface area contributed by atoms with Crippen molar-refractivity contribution in [2.75, 3.05) is 41.3 Å². The van der Waals surface area contributed by atoms with E-state index in [1.54, 1.807) is 0 Å². The van der Waals surface area contributed by atoms with Gasteiger partial charge in [0.05, 0.1) is 12.2 Å². The van der Waals surface area contributed by atoms with Gasteiger partial charge in [0, 0.05) is 13.1 Å². The number of hydrogen-bond donors (Lipinski definition) is 2. The minimum Gasteiger partial charge on any atom is -0.389 e. The number of aliphatic hydroxyl groups is 2. The Morgan fingerprint density at radius 3 is 1.25 bits per heavy atom. The average Bonchev–Trinajstić information content (AvgIpc) is 1.84. The number of nitrogens with zero attached hydrogens (tertiary/aromatic N) is 2. The van der Waals surface area contributed by atoms with Crippen LogP contribution >= 0.6 is 0 Å². The van der Waals surface area contributed by atoms with E-state index in [4.69, 9.17) is 0 Å². The molecule has 2 unspecified atom stereocenters. The van der Waals surface area contributed by atoms with Gasteiger partial charge >= 0.3 is 0 Å². The normalized spacial score (nSPS) is 17.0. The lowest BCUT2D eigenvalue weighted by Gasteiger charge is -2.23. The van der Waals surface area contributed by atoms with Crippen LogP contribution in [0.3, 0.4) is 0 Å². The van der Waals surface area contributed by atoms with Gasteiger partial charge in [0.2, 0.25) is 0 Å². The second-order valence-electron chi connectivity index (χ2n) is 3.66. The summed E-state index contributed by atoms with van der Waals surface area (Å²) in [4.78, 5) is 3.70. The third-order valence-electron chi connectivity index (χ3n) is 1.55. The van der Waals surface area contributed by atoms with Gasteiger partial charge in [-0.3, -0.25) is 0 Å². The van der Waals surface area contributed by atoms with Crippen LogP contribution in [-0.2, 0) is 0 Å². The Bertz CT molecular complexity index is 104. The first-order valence-electron chi connectivity index (χ1n) is 4.09. The molecule has 0 saturated heterocycles. The van der Waals surface area contributed by atoms with E-state index >= 15 is 0 Å². The van der Waals surface area contributed by atoms with Gasteiger partial charge in [0.15, 0.2) is 0 Å². The molecule has 2 atom stereocenters. The van der Waals surface area contributed by atoms with Crippen molar-refractivity contribution in [3.8, 4) is 0 Å². The zero-order valence-electron chi connectivity index (χ0n) is 8.36. The Labute approximate surface area is 74.4 Å². The van der Waals surface area contributed by atoms with Gasteiger partial charge in [-0.1, -0.05) is 0 Å². The van der Waals surface area contributed by atoms with Gasteiger partial charge < -0.3 is 20.0 Å². The molecule has 74 valence electrons. The van der Waals surface area contributed by atoms with Crippen molar-refractivity contribution in [3.63, 3.8) is 0 Å². The molecular weight excluding hydrogens is 156 g/mol. The molecule has 0 amide bonds. The molecule has 0 saturated carbocycles. The maximum absolute atomic E-state index is 9.42. The van der Waals surface area contributed by atoms with Crippen molar-refractivity contribution in [2.45, 2.75) is 12.2 Å². The lowest BCUT2D eigenvalue weighted by atomic mass is 10.2. The van der Waals surface area contributed by atoms with Gasteiger partial charge in [-0.2, -0.15) is 0 Å². The summed E-state index contributed by atoms with van der Waals surface area (Å²) < 4.78 is 0. The van der Waals surface area contributed by atoms with Gasteiger partial charge in [-0.05, 0) is 28.2 Å². The fourth-order valence-corrected chi connectivity index (χ4v) is 0.992. The molecule has 0 aromatic carbocycles. The van der Waals surface area contributed by atoms with Gasteiger partial charge in [-0.25, -0.2) is 0 Å². The molecule has 0 fully saturated rings. The monoisotopic (exact) mass is 176 g/mol. The van der Waals surface area contributed by atoms with E-state index in [0.717, 1.165) is 0 Å². The summed E-state index contributed by atoms with van der Waals surface area (Å²) in [5.41, 5.74) is 0. The van der Waals surface area contributed by atoms with Crippen LogP contribution < -0.4 is 0 Å². The minimum absolute atomic E-state index is 0.495. The Morgan fingerprint density at radius 2 is 1.08 bits per heavy atom. The zero-order chi connectivity index (χ0) is 9.72. The zero-order valence-corrected chi connectivity index (χ0v) is 8.36. The molecule has 0 radical (unpaired) electrons. The maximum Gasteiger partial charge on any atom is 0.0937 e. The maximum atomic E-state index is 9.42. The summed E-state index contributed by atoms with van der Waals surface area (Å²) in [6, 6.07) is 0. The topological polar surface area (TPSA) is 46.9 Å². The smallest absolute Gasteiger partial charge is 0.0937 e. The third kappa shape index (κ3) is 5.49. The lowest BCUT2D eigenvalue weighted by molar-refractivity contribution is -0.00655. The van der Waals surface area contributed by atoms with Crippen LogP contribution in [0.5, 0.6) is 0 Å². The average molecular weight is 176 g/mol. The van der Waals surface area contributed by atoms with E-state index in [0.29, 0.717) is 13.1 Å². The number of likely N-dealkylation sites (N-methyl/N-ethyl adjacent to an activating group) is 2. The Morgan fingerprint density at radius 1 is 0.833 bits per heavy atom. The van der Waals surface area contributed by atoms with Gasteiger partial charge in [-0.15, -0.1) is 0 Å². The second-order valence-corrected chi connectivity index (χ2v) is 3.66. The summed E-state index contributed by atoms with van der Waals surface area (Å²) in [5, 5.41) is 18.8. The van der Waals surface area contributed by atoms with Crippen LogP contribution in [0.2, 0.25) is 0 Å². The summed E-state index contributed by atoms with van der Waals surface area (Å²) in [6.07, 6.45) is -1.33. The molecule has 0 aliphatic carbocycles. The third-order valence-corrected chi connectivity index (χ3v) is 1.55. The molecule has 0 spiro atoms. The summed E-state index contributed by atoms with van der Waals surface area (Å²) >= 11 is 0. The standard InChI is InChI=1S/C8H20N2O2/c1-9(2)5-7(11)8(12)6-10(3)4/h7-8,11-12H,5-6H2,1-4H3. The van der Waals surface area contributed by atoms with Crippen LogP contribution in [0.25, 0.3) is 0 Å². The van der Waals surface area contributed by atoms with Crippen LogP contribution in [-0.4, -0.2) is 73.5 Å². The second kappa shape index (κ2) is 5.48. The van der Waals surface area contributed by atoms with Gasteiger partial charge in [0.25, 0.3) is 0 Å². The highest BCUT2D eigenvalue weighted by Gasteiger charge is 2.17. The van der Waals surface area contributed by atoms with Crippen molar-refractivity contribution < 1.29 is 10.2 Å². The molecule has 0 aliphatic heterocycles. The molecule has 2 N–H and O–H groups in total. The molecular formula is C8H20N2O2. The summed E-state index contributed by atoms with van der Waals surface area (Å²) in [6.45, 7) is 0.990. The highest BCUT2D eigenvalue weighted by Crippen LogP contribution is 1.96. The van der Waals surface area contributed by atoms with Crippen LogP contribution in [0.4, 0.5) is 0 Å². The van der Waals surface area contributed by atoms with E-state index in [1.807, 2.05) is 38.0 Å². The molecule has 12 heavy (non-hydrogen) atoms. The first-order valence-corrected chi connectivity index (χ1v) is 4.09. The largest absolute Gasteiger partial charge is 0.389 e. The number of hydrogen-bond acceptors (Lipinski definition) is 4. The van der Waals surface area contributed by atoms with Crippen molar-refractivity contribution >= 4 is 0 Å². The van der Waals surface area contributed by atoms with E-state index < -0.39 is 12.2 Å². The van der Waals surface area contributed by atoms with Gasteiger partial charge in [0.1, 0.15) is 0 Å². The van der Waals surface area contributed by atoms with E-state index in [2.05, 4.69) is 0 Å². The summed E-state index contributed by atoms with van der Waals surface area (Å²) in [7, 11) is 7.47. The minimum atomic E-state index is -0.664. The first kappa shape index (κ1) is 11.8. The van der Waals surface area contributed by atoms with Crippen molar-refractivity contribution in [2.24, 2.45) is 0 Å². The van der Waals surface area contributed by atoms with E-state index in [1.165, 1.54) is 0 Å². The molecule has 0 aromatic heterocycles. The van der Waals surface area contributed by atoms with Crippen molar-refractivity contribution in [3.05, 3.63) is 0 Å². The molecule has 0 aromatic rings. The number of rotatable bonds is 5. The molecule has 4 nitrogen and oxygen atoms in total. The van der Waals surface area contributed by atoms with Crippen molar-refractivity contribution in [1.82, 2.24) is 9.80 Å². The number of aliphatic hydroxyl groups excluding tert-OH is 2. The van der Waals surface area contributed by atoms with E-state index in [9.17, 15) is 10.2 Å². The Hall–Kier alpha value is -0.160. The lowest BCUT2D eigenvalue weighted by Crippen LogP contribution is -2.41. The Balaban J connectivity index is 3.68. The SMILES string of the molecule is CN(C)CC(O)C(O)CN(C)C. The van der Waals surface area contributed by atoms with Crippen LogP contribution in [0, 0.1) is 0 Å². The molecule has 0 aliphatic rings. The fourth-order valence-electron chi connectivity index (χ4n) is 0.992. The summed E-state index contributed by atoms with van der Waals surface area (Å²) in [5.74, 6) is 0. The fraction of sp³-hybridized carbons (Fsp3) is 1.00. The highest BCUT2D eigenvalue weighted by atomic mass is 16.3. The van der Waals surface area contributed by atoms with E-state index in [-0.39, 0.29) is 0 Å². The highest BCUT2D eigenvalue weighted by molar-refractivity contribution is 4.71. The van der Waals surface area contributed by atoms with Crippen LogP contribution in [0.1, 0.15) is 0 Å². The predicted molar refractivity (Wildman–Crippen MR) is 49.1 cm³/mol. The molecule has 4 heteroatoms. The Kier molecular flexibility index (Phi) is 5.41. The predicted octanol–water partition coefficient (Wildman–Crippen LogP) is -1.17. The molecule has 0 bridgehead atoms. The van der Waals surface area contributed by atoms with Crippen LogP contribution in [0.15, 0.2) is 0 Å². The van der Waals surface area contributed by atoms with Crippen molar-refractivity contribution in [1.29, 1.82) is 0 Å². The first-order chi connectivity index (χ1) is 5.43. The molecule has 0 rings (SSSR count). The molecule has 0 heterocycles.